The topological polar surface area (TPSA) is 121 Å². The van der Waals surface area contributed by atoms with Gasteiger partial charge >= 0.3 is 6.09 Å². The molecule has 3 heterocycles. The van der Waals surface area contributed by atoms with Gasteiger partial charge in [0.05, 0.1) is 42.8 Å². The average Bonchev–Trinajstić information content (AvgIpc) is 3.43. The highest BCUT2D eigenvalue weighted by atomic mass is 127. The lowest BCUT2D eigenvalue weighted by atomic mass is 9.83. The van der Waals surface area contributed by atoms with Crippen LogP contribution < -0.4 is 38.9 Å². The fraction of sp³-hybridized carbons (Fsp3) is 0.618. The lowest BCUT2D eigenvalue weighted by Gasteiger charge is -2.30. The molecular formula is C34H47F2IN6O5S. The average molecular weight is 817 g/mol. The molecule has 0 radical (unpaired) electrons. The molecule has 1 amide bonds. The van der Waals surface area contributed by atoms with Crippen molar-refractivity contribution in [2.75, 3.05) is 49.5 Å². The Morgan fingerprint density at radius 1 is 1.06 bits per heavy atom. The Kier molecular flexibility index (Phi) is 13.9. The van der Waals surface area contributed by atoms with Gasteiger partial charge in [-0.1, -0.05) is 12.1 Å². The van der Waals surface area contributed by atoms with E-state index in [1.165, 1.54) is 4.57 Å². The van der Waals surface area contributed by atoms with Crippen LogP contribution in [-0.2, 0) is 25.2 Å². The third-order valence-electron chi connectivity index (χ3n) is 8.45. The van der Waals surface area contributed by atoms with Crippen molar-refractivity contribution in [2.24, 2.45) is 5.92 Å². The number of benzene rings is 1. The summed E-state index contributed by atoms with van der Waals surface area (Å²) in [6.45, 7) is 7.54. The minimum Gasteiger partial charge on any atom is -1.00 e. The normalized spacial score (nSPS) is 19.1. The molecule has 3 aromatic rings. The SMILES string of the molecule is C[S+](C)CC[C@@H](NC(=O)OC(C)(C)C)C(=O)CC1CCC(Oc2cc(-n3c(C(F)F)nc4ccccc43)nc(N3CCOCC3)n2)CC1.[I-]. The minimum absolute atomic E-state index is 0. The summed E-state index contributed by atoms with van der Waals surface area (Å²) in [5.41, 5.74) is 0.313. The summed E-state index contributed by atoms with van der Waals surface area (Å²) in [7, 11) is 0.134. The number of halogens is 3. The van der Waals surface area contributed by atoms with E-state index in [1.54, 1.807) is 51.1 Å². The number of aromatic nitrogens is 4. The van der Waals surface area contributed by atoms with Crippen molar-refractivity contribution >= 4 is 39.8 Å². The fourth-order valence-corrected chi connectivity index (χ4v) is 6.79. The molecule has 1 aliphatic carbocycles. The molecule has 49 heavy (non-hydrogen) atoms. The number of nitrogens with one attached hydrogen (secondary N) is 1. The van der Waals surface area contributed by atoms with Crippen molar-refractivity contribution in [1.82, 2.24) is 24.8 Å². The third-order valence-corrected chi connectivity index (χ3v) is 9.50. The number of nitrogens with zero attached hydrogens (tertiary/aromatic N) is 5. The highest BCUT2D eigenvalue weighted by Gasteiger charge is 2.31. The van der Waals surface area contributed by atoms with Crippen molar-refractivity contribution in [3.8, 4) is 11.7 Å². The Labute approximate surface area is 306 Å². The van der Waals surface area contributed by atoms with Gasteiger partial charge in [0.25, 0.3) is 6.43 Å². The maximum atomic E-state index is 14.2. The summed E-state index contributed by atoms with van der Waals surface area (Å²) in [6, 6.07) is 7.99. The molecule has 1 N–H and O–H groups in total. The first-order valence-electron chi connectivity index (χ1n) is 16.6. The number of ether oxygens (including phenoxy) is 3. The van der Waals surface area contributed by atoms with Gasteiger partial charge in [-0.05, 0) is 75.4 Å². The number of para-hydroxylation sites is 2. The molecule has 270 valence electrons. The van der Waals surface area contributed by atoms with Crippen LogP contribution in [0.3, 0.4) is 0 Å². The van der Waals surface area contributed by atoms with E-state index in [4.69, 9.17) is 24.2 Å². The predicted molar refractivity (Wildman–Crippen MR) is 183 cm³/mol. The van der Waals surface area contributed by atoms with Gasteiger partial charge in [-0.3, -0.25) is 9.36 Å². The Hall–Kier alpha value is -2.79. The monoisotopic (exact) mass is 816 g/mol. The number of carbonyl (C=O) groups excluding carboxylic acids is 2. The smallest absolute Gasteiger partial charge is 0.408 e. The third kappa shape index (κ3) is 10.8. The van der Waals surface area contributed by atoms with Gasteiger partial charge in [0.1, 0.15) is 23.3 Å². The molecule has 0 spiro atoms. The van der Waals surface area contributed by atoms with Crippen LogP contribution in [0.1, 0.15) is 71.5 Å². The lowest BCUT2D eigenvalue weighted by Crippen LogP contribution is -3.00. The van der Waals surface area contributed by atoms with Gasteiger partial charge in [0, 0.05) is 32.0 Å². The zero-order valence-electron chi connectivity index (χ0n) is 28.8. The van der Waals surface area contributed by atoms with Crippen LogP contribution >= 0.6 is 0 Å². The first-order chi connectivity index (χ1) is 22.9. The molecule has 0 unspecified atom stereocenters. The van der Waals surface area contributed by atoms with Crippen LogP contribution in [0.25, 0.3) is 16.9 Å². The first kappa shape index (κ1) is 39.0. The number of rotatable bonds is 12. The van der Waals surface area contributed by atoms with Gasteiger partial charge in [-0.25, -0.2) is 18.6 Å². The predicted octanol–water partition coefficient (Wildman–Crippen LogP) is 2.65. The molecule has 5 rings (SSSR count). The molecule has 2 aliphatic rings. The Balaban J connectivity index is 0.00000541. The van der Waals surface area contributed by atoms with Crippen molar-refractivity contribution in [3.05, 3.63) is 36.2 Å². The molecular weight excluding hydrogens is 769 g/mol. The van der Waals surface area contributed by atoms with Gasteiger partial charge in [-0.2, -0.15) is 9.97 Å². The Morgan fingerprint density at radius 2 is 1.76 bits per heavy atom. The number of anilines is 1. The highest BCUT2D eigenvalue weighted by molar-refractivity contribution is 7.95. The highest BCUT2D eigenvalue weighted by Crippen LogP contribution is 2.33. The maximum absolute atomic E-state index is 14.2. The molecule has 15 heteroatoms. The van der Waals surface area contributed by atoms with Crippen LogP contribution in [-0.4, -0.2) is 93.7 Å². The van der Waals surface area contributed by atoms with Gasteiger partial charge in [0.15, 0.2) is 11.6 Å². The number of hydrogen-bond acceptors (Lipinski definition) is 9. The van der Waals surface area contributed by atoms with Crippen molar-refractivity contribution in [1.29, 1.82) is 0 Å². The number of ketones is 1. The number of alkyl halides is 2. The van der Waals surface area contributed by atoms with Gasteiger partial charge in [-0.15, -0.1) is 0 Å². The molecule has 1 saturated heterocycles. The molecule has 2 fully saturated rings. The van der Waals surface area contributed by atoms with E-state index in [2.05, 4.69) is 22.8 Å². The second-order valence-electron chi connectivity index (χ2n) is 13.7. The minimum atomic E-state index is -2.81. The quantitative estimate of drug-likeness (QED) is 0.218. The van der Waals surface area contributed by atoms with Crippen molar-refractivity contribution in [2.45, 2.75) is 83.5 Å². The summed E-state index contributed by atoms with van der Waals surface area (Å²) in [5.74, 6) is 1.57. The van der Waals surface area contributed by atoms with E-state index in [-0.39, 0.29) is 58.5 Å². The molecule has 1 aromatic carbocycles. The first-order valence-corrected chi connectivity index (χ1v) is 18.8. The Morgan fingerprint density at radius 3 is 2.41 bits per heavy atom. The number of fused-ring (bicyclic) bond motifs is 1. The van der Waals surface area contributed by atoms with E-state index < -0.39 is 30.0 Å². The number of carbonyl (C=O) groups is 2. The number of hydrogen-bond donors (Lipinski definition) is 1. The molecule has 0 bridgehead atoms. The molecule has 1 aliphatic heterocycles. The number of imidazole rings is 1. The summed E-state index contributed by atoms with van der Waals surface area (Å²) >= 11 is 0. The largest absolute Gasteiger partial charge is 1.00 e. The van der Waals surface area contributed by atoms with Gasteiger partial charge < -0.3 is 48.4 Å². The molecule has 1 atom stereocenters. The zero-order chi connectivity index (χ0) is 34.4. The van der Waals surface area contributed by atoms with Crippen molar-refractivity contribution < 1.29 is 56.6 Å². The summed E-state index contributed by atoms with van der Waals surface area (Å²) in [4.78, 5) is 41.5. The van der Waals surface area contributed by atoms with Crippen LogP contribution in [0.2, 0.25) is 0 Å². The summed E-state index contributed by atoms with van der Waals surface area (Å²) in [5, 5.41) is 2.82. The van der Waals surface area contributed by atoms with E-state index in [1.807, 2.05) is 4.90 Å². The van der Waals surface area contributed by atoms with E-state index >= 15 is 0 Å². The number of Topliss-reactive ketones (excluding diaryl/α,β-unsaturated/α-hetero) is 1. The fourth-order valence-electron chi connectivity index (χ4n) is 6.08. The maximum Gasteiger partial charge on any atom is 0.408 e. The zero-order valence-corrected chi connectivity index (χ0v) is 31.8. The van der Waals surface area contributed by atoms with Crippen LogP contribution in [0.4, 0.5) is 19.5 Å². The Bertz CT molecular complexity index is 1560. The number of morpholine rings is 1. The summed E-state index contributed by atoms with van der Waals surface area (Å²) in [6.07, 6.45) is 4.60. The van der Waals surface area contributed by atoms with E-state index in [0.29, 0.717) is 74.8 Å². The molecule has 11 nitrogen and oxygen atoms in total. The van der Waals surface area contributed by atoms with Crippen LogP contribution in [0.5, 0.6) is 5.88 Å². The van der Waals surface area contributed by atoms with Crippen molar-refractivity contribution in [3.63, 3.8) is 0 Å². The second-order valence-corrected chi connectivity index (χ2v) is 16.0. The lowest BCUT2D eigenvalue weighted by molar-refractivity contribution is -0.122. The van der Waals surface area contributed by atoms with E-state index in [0.717, 1.165) is 18.6 Å². The van der Waals surface area contributed by atoms with E-state index in [9.17, 15) is 18.4 Å². The standard InChI is InChI=1S/C34H46F2N6O5S.HI/c1-34(2,3)47-33(44)38-25(14-19-48(4)5)27(43)20-22-10-12-23(13-11-22)46-29-21-28(39-32(40-29)41-15-17-45-18-16-41)42-26-9-7-6-8-24(26)37-31(42)30(35)36;/h6-9,21-23,25,30H,10-20H2,1-5H3;1H/t22?,23?,25-;/m1./s1. The van der Waals surface area contributed by atoms with Crippen LogP contribution in [0, 0.1) is 5.92 Å². The van der Waals surface area contributed by atoms with Gasteiger partial charge in [0.2, 0.25) is 11.8 Å². The second kappa shape index (κ2) is 17.4. The molecule has 2 aromatic heterocycles. The summed E-state index contributed by atoms with van der Waals surface area (Å²) < 4.78 is 47.2. The molecule has 1 saturated carbocycles. The van der Waals surface area contributed by atoms with Crippen LogP contribution in [0.15, 0.2) is 30.3 Å². The number of alkyl carbamates (subject to hydrolysis) is 1. The number of amides is 1.